The molecule has 0 aliphatic heterocycles. The average molecular weight is 214 g/mol. The Balaban J connectivity index is 4.71. The molecule has 90 valence electrons. The summed E-state index contributed by atoms with van der Waals surface area (Å²) in [6, 6.07) is 0.241. The first-order chi connectivity index (χ1) is 6.72. The van der Waals surface area contributed by atoms with Gasteiger partial charge in [-0.05, 0) is 33.6 Å². The van der Waals surface area contributed by atoms with Crippen molar-refractivity contribution in [2.45, 2.75) is 47.6 Å². The maximum atomic E-state index is 12.2. The zero-order valence-electron chi connectivity index (χ0n) is 11.0. The first-order valence-corrected chi connectivity index (χ1v) is 5.73. The fraction of sp³-hybridized carbons (Fsp3) is 0.917. The summed E-state index contributed by atoms with van der Waals surface area (Å²) < 4.78 is 0. The lowest BCUT2D eigenvalue weighted by Gasteiger charge is -2.35. The third-order valence-electron chi connectivity index (χ3n) is 2.54. The number of rotatable bonds is 5. The molecule has 2 N–H and O–H groups in total. The second-order valence-corrected chi connectivity index (χ2v) is 5.53. The lowest BCUT2D eigenvalue weighted by Crippen LogP contribution is -2.48. The Morgan fingerprint density at radius 3 is 2.00 bits per heavy atom. The molecule has 0 unspecified atom stereocenters. The van der Waals surface area contributed by atoms with Crippen LogP contribution in [0, 0.1) is 11.3 Å². The Morgan fingerprint density at radius 1 is 1.27 bits per heavy atom. The third kappa shape index (κ3) is 4.20. The van der Waals surface area contributed by atoms with Gasteiger partial charge < -0.3 is 10.6 Å². The van der Waals surface area contributed by atoms with E-state index in [1.165, 1.54) is 0 Å². The maximum absolute atomic E-state index is 12.2. The van der Waals surface area contributed by atoms with Gasteiger partial charge in [0, 0.05) is 19.1 Å². The predicted octanol–water partition coefficient (Wildman–Crippen LogP) is 1.86. The van der Waals surface area contributed by atoms with Crippen molar-refractivity contribution >= 4 is 5.91 Å². The SMILES string of the molecule is CC(C)CN(C(=O)C(C)(C)CN)C(C)C. The van der Waals surface area contributed by atoms with Crippen molar-refractivity contribution in [2.75, 3.05) is 13.1 Å². The molecule has 0 spiro atoms. The summed E-state index contributed by atoms with van der Waals surface area (Å²) in [7, 11) is 0. The lowest BCUT2D eigenvalue weighted by atomic mass is 9.91. The highest BCUT2D eigenvalue weighted by molar-refractivity contribution is 5.82. The van der Waals surface area contributed by atoms with Gasteiger partial charge in [-0.25, -0.2) is 0 Å². The summed E-state index contributed by atoms with van der Waals surface area (Å²) in [5.41, 5.74) is 5.18. The number of amides is 1. The Morgan fingerprint density at radius 2 is 1.73 bits per heavy atom. The molecule has 0 fully saturated rings. The highest BCUT2D eigenvalue weighted by Gasteiger charge is 2.32. The van der Waals surface area contributed by atoms with E-state index in [4.69, 9.17) is 5.73 Å². The quantitative estimate of drug-likeness (QED) is 0.759. The van der Waals surface area contributed by atoms with Crippen molar-refractivity contribution in [1.29, 1.82) is 0 Å². The molecule has 0 saturated carbocycles. The van der Waals surface area contributed by atoms with E-state index in [1.54, 1.807) is 0 Å². The molecule has 1 amide bonds. The van der Waals surface area contributed by atoms with Crippen LogP contribution in [0.4, 0.5) is 0 Å². The summed E-state index contributed by atoms with van der Waals surface area (Å²) >= 11 is 0. The number of nitrogens with zero attached hydrogens (tertiary/aromatic N) is 1. The maximum Gasteiger partial charge on any atom is 0.229 e. The molecule has 0 aliphatic carbocycles. The second kappa shape index (κ2) is 5.50. The van der Waals surface area contributed by atoms with E-state index >= 15 is 0 Å². The molecular weight excluding hydrogens is 188 g/mol. The highest BCUT2D eigenvalue weighted by Crippen LogP contribution is 2.19. The van der Waals surface area contributed by atoms with Gasteiger partial charge in [0.25, 0.3) is 0 Å². The molecule has 0 saturated heterocycles. The van der Waals surface area contributed by atoms with Crippen LogP contribution in [0.5, 0.6) is 0 Å². The summed E-state index contributed by atoms with van der Waals surface area (Å²) in [6.07, 6.45) is 0. The summed E-state index contributed by atoms with van der Waals surface area (Å²) in [6.45, 7) is 13.4. The number of carbonyl (C=O) groups is 1. The zero-order valence-corrected chi connectivity index (χ0v) is 11.0. The van der Waals surface area contributed by atoms with Crippen molar-refractivity contribution in [3.05, 3.63) is 0 Å². The Bertz CT molecular complexity index is 210. The van der Waals surface area contributed by atoms with Crippen molar-refractivity contribution in [3.8, 4) is 0 Å². The molecule has 0 aliphatic rings. The second-order valence-electron chi connectivity index (χ2n) is 5.53. The van der Waals surface area contributed by atoms with E-state index in [1.807, 2.05) is 32.6 Å². The molecule has 15 heavy (non-hydrogen) atoms. The van der Waals surface area contributed by atoms with Crippen LogP contribution in [0.25, 0.3) is 0 Å². The van der Waals surface area contributed by atoms with Crippen LogP contribution in [0.2, 0.25) is 0 Å². The van der Waals surface area contributed by atoms with E-state index in [0.717, 1.165) is 6.54 Å². The molecule has 0 rings (SSSR count). The van der Waals surface area contributed by atoms with E-state index in [0.29, 0.717) is 12.5 Å². The van der Waals surface area contributed by atoms with Crippen LogP contribution < -0.4 is 5.73 Å². The van der Waals surface area contributed by atoms with Crippen molar-refractivity contribution in [2.24, 2.45) is 17.1 Å². The van der Waals surface area contributed by atoms with Crippen molar-refractivity contribution in [3.63, 3.8) is 0 Å². The first kappa shape index (κ1) is 14.4. The minimum atomic E-state index is -0.445. The Hall–Kier alpha value is -0.570. The zero-order chi connectivity index (χ0) is 12.2. The fourth-order valence-corrected chi connectivity index (χ4v) is 1.40. The summed E-state index contributed by atoms with van der Waals surface area (Å²) in [5.74, 6) is 0.652. The molecule has 0 heterocycles. The number of hydrogen-bond donors (Lipinski definition) is 1. The van der Waals surface area contributed by atoms with Crippen molar-refractivity contribution in [1.82, 2.24) is 4.90 Å². The van der Waals surface area contributed by atoms with Gasteiger partial charge in [-0.2, -0.15) is 0 Å². The largest absolute Gasteiger partial charge is 0.340 e. The normalized spacial score (nSPS) is 12.3. The molecular formula is C12H26N2O. The van der Waals surface area contributed by atoms with Crippen LogP contribution in [0.15, 0.2) is 0 Å². The van der Waals surface area contributed by atoms with Crippen LogP contribution in [0.3, 0.4) is 0 Å². The topological polar surface area (TPSA) is 46.3 Å². The van der Waals surface area contributed by atoms with Crippen LogP contribution in [-0.2, 0) is 4.79 Å². The third-order valence-corrected chi connectivity index (χ3v) is 2.54. The number of nitrogens with two attached hydrogens (primary N) is 1. The monoisotopic (exact) mass is 214 g/mol. The van der Waals surface area contributed by atoms with Gasteiger partial charge in [0.1, 0.15) is 0 Å². The van der Waals surface area contributed by atoms with Gasteiger partial charge >= 0.3 is 0 Å². The van der Waals surface area contributed by atoms with E-state index in [-0.39, 0.29) is 11.9 Å². The van der Waals surface area contributed by atoms with Crippen LogP contribution in [-0.4, -0.2) is 29.9 Å². The molecule has 3 heteroatoms. The van der Waals surface area contributed by atoms with E-state index in [9.17, 15) is 4.79 Å². The Kier molecular flexibility index (Phi) is 5.29. The van der Waals surface area contributed by atoms with Crippen LogP contribution in [0.1, 0.15) is 41.5 Å². The minimum Gasteiger partial charge on any atom is -0.340 e. The minimum absolute atomic E-state index is 0.161. The summed E-state index contributed by atoms with van der Waals surface area (Å²) in [4.78, 5) is 14.1. The predicted molar refractivity (Wildman–Crippen MR) is 64.5 cm³/mol. The van der Waals surface area contributed by atoms with Gasteiger partial charge in [0.2, 0.25) is 5.91 Å². The van der Waals surface area contributed by atoms with Gasteiger partial charge in [-0.3, -0.25) is 4.79 Å². The smallest absolute Gasteiger partial charge is 0.229 e. The highest BCUT2D eigenvalue weighted by atomic mass is 16.2. The molecule has 0 atom stereocenters. The fourth-order valence-electron chi connectivity index (χ4n) is 1.40. The van der Waals surface area contributed by atoms with Crippen molar-refractivity contribution < 1.29 is 4.79 Å². The standard InChI is InChI=1S/C12H26N2O/c1-9(2)7-14(10(3)4)11(15)12(5,6)8-13/h9-10H,7-8,13H2,1-6H3. The van der Waals surface area contributed by atoms with Crippen LogP contribution >= 0.6 is 0 Å². The summed E-state index contributed by atoms with van der Waals surface area (Å²) in [5, 5.41) is 0. The van der Waals surface area contributed by atoms with E-state index < -0.39 is 5.41 Å². The lowest BCUT2D eigenvalue weighted by molar-refractivity contribution is -0.142. The number of carbonyl (C=O) groups excluding carboxylic acids is 1. The molecule has 0 aromatic carbocycles. The molecule has 3 nitrogen and oxygen atoms in total. The molecule has 0 radical (unpaired) electrons. The van der Waals surface area contributed by atoms with E-state index in [2.05, 4.69) is 13.8 Å². The first-order valence-electron chi connectivity index (χ1n) is 5.73. The molecule has 0 bridgehead atoms. The van der Waals surface area contributed by atoms with Gasteiger partial charge in [0.05, 0.1) is 5.41 Å². The molecule has 0 aromatic heterocycles. The Labute approximate surface area is 94.0 Å². The average Bonchev–Trinajstić information content (AvgIpc) is 2.12. The van der Waals surface area contributed by atoms with Gasteiger partial charge in [0.15, 0.2) is 0 Å². The molecule has 0 aromatic rings. The van der Waals surface area contributed by atoms with Gasteiger partial charge in [-0.1, -0.05) is 13.8 Å². The number of hydrogen-bond acceptors (Lipinski definition) is 2. The van der Waals surface area contributed by atoms with Gasteiger partial charge in [-0.15, -0.1) is 0 Å².